The van der Waals surface area contributed by atoms with E-state index < -0.39 is 12.0 Å². The molecule has 8 nitrogen and oxygen atoms in total. The predicted molar refractivity (Wildman–Crippen MR) is 110 cm³/mol. The van der Waals surface area contributed by atoms with E-state index in [1.54, 1.807) is 35.9 Å². The SMILES string of the molecule is COC(=O)C1=C(C)Nc2ncnn2C1c1ccc(OCc2ccc(F)cc2)c(OC)c1. The van der Waals surface area contributed by atoms with Gasteiger partial charge in [-0.05, 0) is 42.3 Å². The highest BCUT2D eigenvalue weighted by molar-refractivity contribution is 5.92. The van der Waals surface area contributed by atoms with Crippen LogP contribution in [-0.4, -0.2) is 35.0 Å². The van der Waals surface area contributed by atoms with Gasteiger partial charge in [0, 0.05) is 5.70 Å². The summed E-state index contributed by atoms with van der Waals surface area (Å²) in [5.41, 5.74) is 2.62. The van der Waals surface area contributed by atoms with Crippen molar-refractivity contribution in [3.63, 3.8) is 0 Å². The molecule has 1 aliphatic heterocycles. The Balaban J connectivity index is 1.67. The number of rotatable bonds is 6. The lowest BCUT2D eigenvalue weighted by Gasteiger charge is -2.28. The fraction of sp³-hybridized carbons (Fsp3) is 0.227. The van der Waals surface area contributed by atoms with Gasteiger partial charge in [-0.1, -0.05) is 18.2 Å². The number of carbonyl (C=O) groups is 1. The van der Waals surface area contributed by atoms with Crippen molar-refractivity contribution < 1.29 is 23.4 Å². The van der Waals surface area contributed by atoms with E-state index in [-0.39, 0.29) is 12.4 Å². The highest BCUT2D eigenvalue weighted by Gasteiger charge is 2.34. The Morgan fingerprint density at radius 2 is 1.94 bits per heavy atom. The molecule has 4 rings (SSSR count). The first-order valence-corrected chi connectivity index (χ1v) is 9.52. The molecule has 0 saturated heterocycles. The van der Waals surface area contributed by atoms with Crippen molar-refractivity contribution in [2.45, 2.75) is 19.6 Å². The van der Waals surface area contributed by atoms with Gasteiger partial charge >= 0.3 is 5.97 Å². The minimum absolute atomic E-state index is 0.253. The summed E-state index contributed by atoms with van der Waals surface area (Å²) in [4.78, 5) is 16.7. The summed E-state index contributed by atoms with van der Waals surface area (Å²) < 4.78 is 31.1. The normalized spacial score (nSPS) is 15.2. The number of aromatic nitrogens is 3. The van der Waals surface area contributed by atoms with Crippen molar-refractivity contribution in [3.8, 4) is 11.5 Å². The Hall–Kier alpha value is -3.88. The summed E-state index contributed by atoms with van der Waals surface area (Å²) in [5, 5.41) is 7.35. The van der Waals surface area contributed by atoms with E-state index in [9.17, 15) is 9.18 Å². The lowest BCUT2D eigenvalue weighted by Crippen LogP contribution is -2.29. The number of nitrogens with zero attached hydrogens (tertiary/aromatic N) is 3. The van der Waals surface area contributed by atoms with Crippen molar-refractivity contribution in [3.05, 3.63) is 77.0 Å². The molecule has 0 bridgehead atoms. The molecule has 1 atom stereocenters. The molecule has 0 amide bonds. The first kappa shape index (κ1) is 20.4. The highest BCUT2D eigenvalue weighted by atomic mass is 19.1. The van der Waals surface area contributed by atoms with Crippen LogP contribution in [0.15, 0.2) is 60.1 Å². The number of benzene rings is 2. The predicted octanol–water partition coefficient (Wildman–Crippen LogP) is 3.47. The van der Waals surface area contributed by atoms with Gasteiger partial charge in [0.15, 0.2) is 11.5 Å². The molecule has 0 radical (unpaired) electrons. The maximum atomic E-state index is 13.1. The zero-order valence-electron chi connectivity index (χ0n) is 17.3. The molecule has 31 heavy (non-hydrogen) atoms. The number of esters is 1. The first-order valence-electron chi connectivity index (χ1n) is 9.52. The molecule has 2 aromatic carbocycles. The van der Waals surface area contributed by atoms with Crippen LogP contribution in [0.3, 0.4) is 0 Å². The van der Waals surface area contributed by atoms with Crippen LogP contribution in [0.25, 0.3) is 0 Å². The Labute approximate surface area is 178 Å². The number of ether oxygens (including phenoxy) is 3. The van der Waals surface area contributed by atoms with Crippen LogP contribution in [0.1, 0.15) is 24.1 Å². The molecular formula is C22H21FN4O4. The van der Waals surface area contributed by atoms with Gasteiger partial charge in [-0.25, -0.2) is 13.9 Å². The molecular weight excluding hydrogens is 403 g/mol. The van der Waals surface area contributed by atoms with Crippen LogP contribution in [0.4, 0.5) is 10.3 Å². The van der Waals surface area contributed by atoms with Crippen molar-refractivity contribution in [2.24, 2.45) is 0 Å². The van der Waals surface area contributed by atoms with Gasteiger partial charge in [0.05, 0.1) is 19.8 Å². The van der Waals surface area contributed by atoms with Gasteiger partial charge in [0.2, 0.25) is 5.95 Å². The van der Waals surface area contributed by atoms with Crippen LogP contribution in [-0.2, 0) is 16.1 Å². The fourth-order valence-electron chi connectivity index (χ4n) is 3.49. The second-order valence-electron chi connectivity index (χ2n) is 6.91. The van der Waals surface area contributed by atoms with Gasteiger partial charge in [-0.15, -0.1) is 0 Å². The third kappa shape index (κ3) is 3.94. The molecule has 1 aliphatic rings. The number of allylic oxidation sites excluding steroid dienone is 1. The third-order valence-corrected chi connectivity index (χ3v) is 5.01. The minimum Gasteiger partial charge on any atom is -0.493 e. The third-order valence-electron chi connectivity index (χ3n) is 5.01. The van der Waals surface area contributed by atoms with Gasteiger partial charge in [0.25, 0.3) is 0 Å². The van der Waals surface area contributed by atoms with E-state index in [2.05, 4.69) is 15.4 Å². The van der Waals surface area contributed by atoms with Crippen molar-refractivity contribution >= 4 is 11.9 Å². The van der Waals surface area contributed by atoms with E-state index in [4.69, 9.17) is 14.2 Å². The number of hydrogen-bond donors (Lipinski definition) is 1. The van der Waals surface area contributed by atoms with Crippen molar-refractivity contribution in [1.29, 1.82) is 0 Å². The van der Waals surface area contributed by atoms with Crippen molar-refractivity contribution in [2.75, 3.05) is 19.5 Å². The molecule has 0 fully saturated rings. The van der Waals surface area contributed by atoms with Gasteiger partial charge in [-0.3, -0.25) is 0 Å². The number of carbonyl (C=O) groups excluding carboxylic acids is 1. The molecule has 1 unspecified atom stereocenters. The number of halogens is 1. The summed E-state index contributed by atoms with van der Waals surface area (Å²) in [5.74, 6) is 0.757. The maximum Gasteiger partial charge on any atom is 0.338 e. The summed E-state index contributed by atoms with van der Waals surface area (Å²) in [6.45, 7) is 2.04. The highest BCUT2D eigenvalue weighted by Crippen LogP contribution is 2.38. The largest absolute Gasteiger partial charge is 0.493 e. The molecule has 9 heteroatoms. The zero-order valence-corrected chi connectivity index (χ0v) is 17.3. The average molecular weight is 424 g/mol. The van der Waals surface area contributed by atoms with E-state index in [0.29, 0.717) is 28.7 Å². The Kier molecular flexibility index (Phi) is 5.57. The fourth-order valence-corrected chi connectivity index (χ4v) is 3.49. The number of nitrogens with one attached hydrogen (secondary N) is 1. The molecule has 0 saturated carbocycles. The van der Waals surface area contributed by atoms with Gasteiger partial charge in [0.1, 0.15) is 24.8 Å². The summed E-state index contributed by atoms with van der Waals surface area (Å²) in [6.07, 6.45) is 1.42. The van der Waals surface area contributed by atoms with Crippen LogP contribution in [0, 0.1) is 5.82 Å². The molecule has 2 heterocycles. The van der Waals surface area contributed by atoms with E-state index in [1.165, 1.54) is 32.7 Å². The summed E-state index contributed by atoms with van der Waals surface area (Å²) in [6, 6.07) is 10.9. The second kappa shape index (κ2) is 8.47. The number of anilines is 1. The smallest absolute Gasteiger partial charge is 0.338 e. The molecule has 160 valence electrons. The Morgan fingerprint density at radius 3 is 2.65 bits per heavy atom. The lowest BCUT2D eigenvalue weighted by molar-refractivity contribution is -0.136. The standard InChI is InChI=1S/C22H21FN4O4/c1-13-19(21(28)30-3)20(27-22(26-13)24-12-25-27)15-6-9-17(18(10-15)29-2)31-11-14-4-7-16(23)8-5-14/h4-10,12,20H,11H2,1-3H3,(H,24,25,26). The van der Waals surface area contributed by atoms with E-state index in [0.717, 1.165) is 11.1 Å². The maximum absolute atomic E-state index is 13.1. The van der Waals surface area contributed by atoms with Crippen LogP contribution >= 0.6 is 0 Å². The molecule has 1 N–H and O–H groups in total. The minimum atomic E-state index is -0.550. The Morgan fingerprint density at radius 1 is 1.16 bits per heavy atom. The lowest BCUT2D eigenvalue weighted by atomic mass is 9.95. The topological polar surface area (TPSA) is 87.5 Å². The molecule has 3 aromatic rings. The van der Waals surface area contributed by atoms with Crippen LogP contribution < -0.4 is 14.8 Å². The number of hydrogen-bond acceptors (Lipinski definition) is 7. The molecule has 0 spiro atoms. The van der Waals surface area contributed by atoms with Crippen LogP contribution in [0.2, 0.25) is 0 Å². The first-order chi connectivity index (χ1) is 15.0. The van der Waals surface area contributed by atoms with E-state index in [1.807, 2.05) is 6.07 Å². The number of fused-ring (bicyclic) bond motifs is 1. The van der Waals surface area contributed by atoms with Gasteiger partial charge < -0.3 is 19.5 Å². The van der Waals surface area contributed by atoms with E-state index >= 15 is 0 Å². The quantitative estimate of drug-likeness (QED) is 0.606. The monoisotopic (exact) mass is 424 g/mol. The van der Waals surface area contributed by atoms with Crippen LogP contribution in [0.5, 0.6) is 11.5 Å². The summed E-state index contributed by atoms with van der Waals surface area (Å²) in [7, 11) is 2.87. The van der Waals surface area contributed by atoms with Gasteiger partial charge in [-0.2, -0.15) is 10.1 Å². The molecule has 1 aromatic heterocycles. The second-order valence-corrected chi connectivity index (χ2v) is 6.91. The Bertz CT molecular complexity index is 1140. The average Bonchev–Trinajstić information content (AvgIpc) is 3.25. The molecule has 0 aliphatic carbocycles. The summed E-state index contributed by atoms with van der Waals surface area (Å²) >= 11 is 0. The van der Waals surface area contributed by atoms with Crippen molar-refractivity contribution in [1.82, 2.24) is 14.8 Å². The zero-order chi connectivity index (χ0) is 22.0. The number of methoxy groups -OCH3 is 2.